The summed E-state index contributed by atoms with van der Waals surface area (Å²) in [6.07, 6.45) is 3.78. The third-order valence-corrected chi connectivity index (χ3v) is 7.77. The summed E-state index contributed by atoms with van der Waals surface area (Å²) in [5.41, 5.74) is 1.01. The van der Waals surface area contributed by atoms with E-state index < -0.39 is 17.4 Å². The van der Waals surface area contributed by atoms with Gasteiger partial charge in [0.25, 0.3) is 5.92 Å². The van der Waals surface area contributed by atoms with Gasteiger partial charge in [-0.25, -0.2) is 18.6 Å². The molecule has 1 saturated carbocycles. The zero-order valence-electron chi connectivity index (χ0n) is 22.5. The molecule has 3 heterocycles. The molecule has 1 aliphatic carbocycles. The van der Waals surface area contributed by atoms with E-state index in [4.69, 9.17) is 16.3 Å². The molecule has 0 bridgehead atoms. The number of hydrogen-bond donors (Lipinski definition) is 2. The normalized spacial score (nSPS) is 19.6. The zero-order valence-corrected chi connectivity index (χ0v) is 23.2. The molecule has 39 heavy (non-hydrogen) atoms. The van der Waals surface area contributed by atoms with Gasteiger partial charge in [0.15, 0.2) is 5.82 Å². The minimum Gasteiger partial charge on any atom is -0.390 e. The summed E-state index contributed by atoms with van der Waals surface area (Å²) in [6.45, 7) is 4.52. The highest BCUT2D eigenvalue weighted by Crippen LogP contribution is 2.36. The Morgan fingerprint density at radius 1 is 1.26 bits per heavy atom. The Labute approximate surface area is 230 Å². The van der Waals surface area contributed by atoms with Gasteiger partial charge in [-0.3, -0.25) is 9.13 Å². The van der Waals surface area contributed by atoms with Gasteiger partial charge in [-0.1, -0.05) is 11.6 Å². The van der Waals surface area contributed by atoms with Crippen LogP contribution in [-0.4, -0.2) is 62.0 Å². The molecule has 0 amide bonds. The molecular formula is C27H35ClF2N6O3. The van der Waals surface area contributed by atoms with E-state index in [-0.39, 0.29) is 36.8 Å². The van der Waals surface area contributed by atoms with Crippen molar-refractivity contribution >= 4 is 40.1 Å². The van der Waals surface area contributed by atoms with E-state index in [1.165, 1.54) is 6.20 Å². The first-order valence-electron chi connectivity index (χ1n) is 13.3. The number of aryl methyl sites for hydroxylation is 2. The molecule has 5 rings (SSSR count). The number of benzene rings is 1. The molecule has 12 heteroatoms. The van der Waals surface area contributed by atoms with Crippen molar-refractivity contribution < 1.29 is 18.6 Å². The van der Waals surface area contributed by atoms with Crippen molar-refractivity contribution in [2.24, 2.45) is 18.9 Å². The number of nitrogens with zero attached hydrogens (tertiary/aromatic N) is 5. The summed E-state index contributed by atoms with van der Waals surface area (Å²) >= 11 is 6.41. The lowest BCUT2D eigenvalue weighted by molar-refractivity contribution is -0.0994. The van der Waals surface area contributed by atoms with E-state index in [9.17, 15) is 18.7 Å². The molecule has 1 aromatic carbocycles. The van der Waals surface area contributed by atoms with Crippen molar-refractivity contribution in [3.63, 3.8) is 0 Å². The summed E-state index contributed by atoms with van der Waals surface area (Å²) in [4.78, 5) is 23.5. The summed E-state index contributed by atoms with van der Waals surface area (Å²) in [7, 11) is 1.71. The second-order valence-corrected chi connectivity index (χ2v) is 11.8. The Kier molecular flexibility index (Phi) is 7.60. The SMILES string of the molecule is Cn1c(=O)n(CCC(C)(C)O)c2cc(Nc3nc(N4CCC(F)(F)C(COCC5CC5)C4)ncc3Cl)ccc21. The van der Waals surface area contributed by atoms with Gasteiger partial charge in [-0.05, 0) is 57.2 Å². The van der Waals surface area contributed by atoms with Gasteiger partial charge in [0, 0.05) is 45.4 Å². The van der Waals surface area contributed by atoms with Crippen molar-refractivity contribution in [1.29, 1.82) is 0 Å². The number of hydrogen-bond acceptors (Lipinski definition) is 7. The van der Waals surface area contributed by atoms with Crippen LogP contribution in [0.15, 0.2) is 29.2 Å². The lowest BCUT2D eigenvalue weighted by Gasteiger charge is -2.38. The highest BCUT2D eigenvalue weighted by Gasteiger charge is 2.45. The number of ether oxygens (including phenoxy) is 1. The molecule has 9 nitrogen and oxygen atoms in total. The van der Waals surface area contributed by atoms with Crippen LogP contribution in [0.3, 0.4) is 0 Å². The summed E-state index contributed by atoms with van der Waals surface area (Å²) in [5, 5.41) is 13.6. The fourth-order valence-electron chi connectivity index (χ4n) is 4.82. The second-order valence-electron chi connectivity index (χ2n) is 11.4. The highest BCUT2D eigenvalue weighted by molar-refractivity contribution is 6.32. The van der Waals surface area contributed by atoms with Crippen LogP contribution < -0.4 is 15.9 Å². The third-order valence-electron chi connectivity index (χ3n) is 7.49. The molecule has 3 aromatic rings. The van der Waals surface area contributed by atoms with Crippen LogP contribution in [0.2, 0.25) is 5.02 Å². The molecule has 2 fully saturated rings. The van der Waals surface area contributed by atoms with E-state index in [2.05, 4.69) is 15.3 Å². The minimum atomic E-state index is -2.81. The van der Waals surface area contributed by atoms with Crippen LogP contribution in [0, 0.1) is 11.8 Å². The average molecular weight is 565 g/mol. The third kappa shape index (κ3) is 6.36. The van der Waals surface area contributed by atoms with Gasteiger partial charge in [0.2, 0.25) is 5.95 Å². The maximum Gasteiger partial charge on any atom is 0.328 e. The van der Waals surface area contributed by atoms with Gasteiger partial charge in [0.05, 0.1) is 35.4 Å². The fourth-order valence-corrected chi connectivity index (χ4v) is 4.96. The molecule has 1 unspecified atom stereocenters. The van der Waals surface area contributed by atoms with Crippen LogP contribution in [0.5, 0.6) is 0 Å². The maximum atomic E-state index is 14.6. The van der Waals surface area contributed by atoms with Crippen molar-refractivity contribution in [2.45, 2.75) is 57.6 Å². The van der Waals surface area contributed by atoms with E-state index >= 15 is 0 Å². The first-order valence-corrected chi connectivity index (χ1v) is 13.7. The van der Waals surface area contributed by atoms with E-state index in [1.807, 2.05) is 18.2 Å². The van der Waals surface area contributed by atoms with Crippen molar-refractivity contribution in [3.05, 3.63) is 39.9 Å². The van der Waals surface area contributed by atoms with Gasteiger partial charge in [-0.2, -0.15) is 4.98 Å². The molecule has 2 N–H and O–H groups in total. The lowest BCUT2D eigenvalue weighted by atomic mass is 9.94. The summed E-state index contributed by atoms with van der Waals surface area (Å²) < 4.78 is 38.0. The molecule has 1 aliphatic heterocycles. The number of fused-ring (bicyclic) bond motifs is 1. The van der Waals surface area contributed by atoms with Crippen molar-refractivity contribution in [3.8, 4) is 0 Å². The molecule has 1 saturated heterocycles. The molecule has 2 aliphatic rings. The molecule has 1 atom stereocenters. The van der Waals surface area contributed by atoms with Crippen LogP contribution in [0.1, 0.15) is 39.5 Å². The number of anilines is 3. The quantitative estimate of drug-likeness (QED) is 0.372. The Morgan fingerprint density at radius 2 is 2.03 bits per heavy atom. The zero-order chi connectivity index (χ0) is 27.9. The van der Waals surface area contributed by atoms with Crippen LogP contribution >= 0.6 is 11.6 Å². The van der Waals surface area contributed by atoms with Crippen LogP contribution in [-0.2, 0) is 18.3 Å². The second kappa shape index (κ2) is 10.7. The fraction of sp³-hybridized carbons (Fsp3) is 0.593. The number of rotatable bonds is 10. The number of imidazole rings is 1. The average Bonchev–Trinajstić information content (AvgIpc) is 3.66. The lowest BCUT2D eigenvalue weighted by Crippen LogP contribution is -2.49. The predicted octanol–water partition coefficient (Wildman–Crippen LogP) is 4.58. The molecule has 0 spiro atoms. The Morgan fingerprint density at radius 3 is 2.74 bits per heavy atom. The number of aliphatic hydroxyl groups is 1. The van der Waals surface area contributed by atoms with E-state index in [1.54, 1.807) is 34.9 Å². The predicted molar refractivity (Wildman–Crippen MR) is 147 cm³/mol. The van der Waals surface area contributed by atoms with E-state index in [0.717, 1.165) is 18.4 Å². The summed E-state index contributed by atoms with van der Waals surface area (Å²) in [6, 6.07) is 5.47. The molecular weight excluding hydrogens is 530 g/mol. The van der Waals surface area contributed by atoms with Crippen LogP contribution in [0.4, 0.5) is 26.2 Å². The van der Waals surface area contributed by atoms with Crippen LogP contribution in [0.25, 0.3) is 11.0 Å². The minimum absolute atomic E-state index is 0.00491. The van der Waals surface area contributed by atoms with Gasteiger partial charge < -0.3 is 20.1 Å². The van der Waals surface area contributed by atoms with Crippen molar-refractivity contribution in [1.82, 2.24) is 19.1 Å². The molecule has 2 aromatic heterocycles. The number of alkyl halides is 2. The van der Waals surface area contributed by atoms with Crippen molar-refractivity contribution in [2.75, 3.05) is 36.5 Å². The Balaban J connectivity index is 1.35. The number of halogens is 3. The largest absolute Gasteiger partial charge is 0.390 e. The molecule has 0 radical (unpaired) electrons. The van der Waals surface area contributed by atoms with Gasteiger partial charge in [-0.15, -0.1) is 0 Å². The standard InChI is InChI=1S/C27H35ClF2N6O3/c1-26(2,38)8-11-36-22-12-19(6-7-21(22)34(3)25(36)37)32-23-20(28)13-31-24(33-23)35-10-9-27(29,30)18(14-35)16-39-15-17-4-5-17/h6-7,12-13,17-18,38H,4-5,8-11,14-16H2,1-3H3,(H,31,32,33). The van der Waals surface area contributed by atoms with Gasteiger partial charge >= 0.3 is 5.69 Å². The first-order chi connectivity index (χ1) is 18.4. The number of aromatic nitrogens is 4. The highest BCUT2D eigenvalue weighted by atomic mass is 35.5. The first kappa shape index (κ1) is 27.8. The maximum absolute atomic E-state index is 14.6. The Hall–Kier alpha value is -2.76. The Bertz CT molecular complexity index is 1400. The number of piperidine rings is 1. The monoisotopic (exact) mass is 564 g/mol. The van der Waals surface area contributed by atoms with Gasteiger partial charge in [0.1, 0.15) is 5.02 Å². The topological polar surface area (TPSA) is 97.4 Å². The van der Waals surface area contributed by atoms with E-state index in [0.29, 0.717) is 48.5 Å². The molecule has 212 valence electrons. The number of nitrogens with one attached hydrogen (secondary N) is 1. The summed E-state index contributed by atoms with van der Waals surface area (Å²) in [5.74, 6) is -2.59. The smallest absolute Gasteiger partial charge is 0.328 e.